The van der Waals surface area contributed by atoms with E-state index in [0.717, 1.165) is 28.9 Å². The highest BCUT2D eigenvalue weighted by molar-refractivity contribution is 6.32. The number of benzodiazepines with no additional fused rings is 1. The van der Waals surface area contributed by atoms with Crippen LogP contribution in [0, 0.1) is 34.5 Å². The third kappa shape index (κ3) is 6.78. The maximum atomic E-state index is 17.1. The number of alkyl halides is 2. The van der Waals surface area contributed by atoms with E-state index in [1.165, 1.54) is 18.2 Å². The molecule has 1 amide bonds. The minimum absolute atomic E-state index is 0.0282. The summed E-state index contributed by atoms with van der Waals surface area (Å²) in [7, 11) is 1.76. The van der Waals surface area contributed by atoms with Crippen molar-refractivity contribution < 1.29 is 37.8 Å². The van der Waals surface area contributed by atoms with Crippen molar-refractivity contribution in [1.82, 2.24) is 0 Å². The summed E-state index contributed by atoms with van der Waals surface area (Å²) in [6.45, 7) is 7.18. The average molecular weight is 763 g/mol. The second kappa shape index (κ2) is 15.3. The number of aliphatic hydroxyl groups is 1. The van der Waals surface area contributed by atoms with Crippen molar-refractivity contribution in [3.63, 3.8) is 0 Å². The zero-order valence-electron chi connectivity index (χ0n) is 31.5. The van der Waals surface area contributed by atoms with Crippen molar-refractivity contribution in [2.45, 2.75) is 84.2 Å². The van der Waals surface area contributed by atoms with Crippen LogP contribution >= 0.6 is 11.6 Å². The molecule has 3 saturated carbocycles. The molecule has 2 aromatic carbocycles. The smallest absolute Gasteiger partial charge is 0.306 e. The Morgan fingerprint density at radius 2 is 1.81 bits per heavy atom. The minimum Gasteiger partial charge on any atom is -0.458 e. The van der Waals surface area contributed by atoms with E-state index in [1.54, 1.807) is 24.9 Å². The van der Waals surface area contributed by atoms with E-state index in [-0.39, 0.29) is 67.3 Å². The second-order valence-corrected chi connectivity index (χ2v) is 16.5. The highest BCUT2D eigenvalue weighted by atomic mass is 35.5. The zero-order chi connectivity index (χ0) is 39.2. The molecule has 4 aliphatic carbocycles. The molecule has 1 N–H and O–H groups in total. The molecule has 11 heteroatoms. The number of nitrogens with zero attached hydrogens (tertiary/aromatic N) is 2. The van der Waals surface area contributed by atoms with E-state index in [9.17, 15) is 24.3 Å². The standard InChI is InChI=1S/C27H36F2O5.C16H13ClN2O/c1-5-6-7-23(33)34-14-21(31)24-15(2)10-17-18-12-20(28)19-11-16(30)8-9-26(19,4)27(18,29)22(32)13-25(17,24)3;1-19-14-8-7-12(17)9-13(14)16(18-10-15(19)20)11-5-3-2-4-6-11/h8-9,11,15,17-18,20,22,24,32H,5-7,10,12-14H2,1-4H3;2-9H,10H2,1H3/t15-,17+,18+,20+,22+,24-,25+,26+,27+;/m1./s1. The van der Waals surface area contributed by atoms with Crippen LogP contribution < -0.4 is 4.90 Å². The van der Waals surface area contributed by atoms with Crippen LogP contribution in [0.1, 0.15) is 77.3 Å². The number of anilines is 1. The number of fused-ring (bicyclic) bond motifs is 6. The maximum Gasteiger partial charge on any atom is 0.306 e. The molecule has 0 bridgehead atoms. The molecular formula is C43H49ClF2N2O6. The lowest BCUT2D eigenvalue weighted by Gasteiger charge is -2.62. The van der Waals surface area contributed by atoms with Crippen LogP contribution in [0.25, 0.3) is 0 Å². The highest BCUT2D eigenvalue weighted by Gasteiger charge is 2.73. The fourth-order valence-electron chi connectivity index (χ4n) is 10.2. The second-order valence-electron chi connectivity index (χ2n) is 16.0. The third-order valence-corrected chi connectivity index (χ3v) is 13.0. The number of ketones is 2. The van der Waals surface area contributed by atoms with Crippen LogP contribution in [0.3, 0.4) is 0 Å². The summed E-state index contributed by atoms with van der Waals surface area (Å²) in [6.07, 6.45) is 3.20. The van der Waals surface area contributed by atoms with E-state index >= 15 is 8.78 Å². The SMILES string of the molecule is CCCCC(=O)OCC(=O)[C@H]1[C@H](C)C[C@H]2[C@@H]3C[C@H](F)C4=CC(=O)C=C[C@]4(C)[C@@]3(F)[C@@H](O)C[C@@]21C.CN1C(=O)CN=C(c2ccccc2)c2cc(Cl)ccc21. The van der Waals surface area contributed by atoms with Gasteiger partial charge in [-0.2, -0.15) is 0 Å². The molecule has 3 fully saturated rings. The van der Waals surface area contributed by atoms with Crippen LogP contribution in [0.4, 0.5) is 14.5 Å². The lowest BCUT2D eigenvalue weighted by Crippen LogP contribution is -2.68. The number of hydrogen-bond acceptors (Lipinski definition) is 7. The molecular weight excluding hydrogens is 714 g/mol. The maximum absolute atomic E-state index is 17.1. The van der Waals surface area contributed by atoms with Crippen molar-refractivity contribution >= 4 is 46.4 Å². The van der Waals surface area contributed by atoms with Gasteiger partial charge in [0.1, 0.15) is 19.3 Å². The number of amides is 1. The van der Waals surface area contributed by atoms with Gasteiger partial charge in [-0.15, -0.1) is 0 Å². The molecule has 8 nitrogen and oxygen atoms in total. The summed E-state index contributed by atoms with van der Waals surface area (Å²) in [6, 6.07) is 15.3. The van der Waals surface area contributed by atoms with Gasteiger partial charge in [-0.1, -0.05) is 75.2 Å². The molecule has 5 aliphatic rings. The fraction of sp³-hybridized carbons (Fsp3) is 0.512. The lowest BCUT2D eigenvalue weighted by atomic mass is 9.45. The molecule has 2 aromatic rings. The van der Waals surface area contributed by atoms with Crippen molar-refractivity contribution in [3.05, 3.63) is 88.5 Å². The van der Waals surface area contributed by atoms with Crippen LogP contribution in [0.2, 0.25) is 5.02 Å². The van der Waals surface area contributed by atoms with Crippen molar-refractivity contribution in [1.29, 1.82) is 0 Å². The Hall–Kier alpha value is -4.02. The summed E-state index contributed by atoms with van der Waals surface area (Å²) in [5.41, 5.74) is -0.704. The first-order valence-electron chi connectivity index (χ1n) is 18.9. The number of halogens is 3. The van der Waals surface area contributed by atoms with Gasteiger partial charge in [0.15, 0.2) is 17.2 Å². The number of Topliss-reactive ketones (excluding diaryl/α,β-unsaturated/α-hetero) is 1. The molecule has 7 rings (SSSR count). The normalized spacial score (nSPS) is 33.8. The molecule has 0 spiro atoms. The number of esters is 1. The van der Waals surface area contributed by atoms with Gasteiger partial charge in [-0.25, -0.2) is 8.78 Å². The number of unbranched alkanes of at least 4 members (excludes halogenated alkanes) is 1. The van der Waals surface area contributed by atoms with Crippen LogP contribution in [-0.2, 0) is 23.9 Å². The van der Waals surface area contributed by atoms with E-state index in [1.807, 2.05) is 63.2 Å². The number of aliphatic hydroxyl groups excluding tert-OH is 1. The Morgan fingerprint density at radius 3 is 2.52 bits per heavy atom. The number of ether oxygens (including phenoxy) is 1. The molecule has 9 atom stereocenters. The summed E-state index contributed by atoms with van der Waals surface area (Å²) in [5.74, 6) is -2.78. The van der Waals surface area contributed by atoms with Crippen molar-refractivity contribution in [2.75, 3.05) is 25.1 Å². The van der Waals surface area contributed by atoms with Crippen molar-refractivity contribution in [2.24, 2.45) is 39.5 Å². The quantitative estimate of drug-likeness (QED) is 0.291. The van der Waals surface area contributed by atoms with Crippen molar-refractivity contribution in [3.8, 4) is 0 Å². The van der Waals surface area contributed by atoms with E-state index in [0.29, 0.717) is 17.9 Å². The number of rotatable bonds is 7. The van der Waals surface area contributed by atoms with Gasteiger partial charge in [0.05, 0.1) is 17.5 Å². The van der Waals surface area contributed by atoms with E-state index < -0.39 is 46.6 Å². The Kier molecular flexibility index (Phi) is 11.2. The Bertz CT molecular complexity index is 1920. The minimum atomic E-state index is -2.15. The monoisotopic (exact) mass is 762 g/mol. The van der Waals surface area contributed by atoms with Crippen LogP contribution in [0.5, 0.6) is 0 Å². The van der Waals surface area contributed by atoms with Gasteiger partial charge in [-0.3, -0.25) is 24.2 Å². The summed E-state index contributed by atoms with van der Waals surface area (Å²) >= 11 is 6.11. The molecule has 1 heterocycles. The summed E-state index contributed by atoms with van der Waals surface area (Å²) in [4.78, 5) is 55.2. The first-order valence-corrected chi connectivity index (χ1v) is 19.3. The van der Waals surface area contributed by atoms with Gasteiger partial charge in [-0.05, 0) is 85.8 Å². The highest BCUT2D eigenvalue weighted by Crippen LogP contribution is 2.70. The number of carbonyl (C=O) groups is 4. The molecule has 0 radical (unpaired) electrons. The van der Waals surface area contributed by atoms with E-state index in [2.05, 4.69) is 4.99 Å². The molecule has 0 aromatic heterocycles. The van der Waals surface area contributed by atoms with Gasteiger partial charge < -0.3 is 14.7 Å². The molecule has 1 aliphatic heterocycles. The number of likely N-dealkylation sites (N-methyl/N-ethyl adjacent to an activating group) is 1. The van der Waals surface area contributed by atoms with Gasteiger partial charge in [0.2, 0.25) is 5.91 Å². The Labute approximate surface area is 320 Å². The first-order chi connectivity index (χ1) is 25.6. The largest absolute Gasteiger partial charge is 0.458 e. The number of aliphatic imine (C=N–C) groups is 1. The number of allylic oxidation sites excluding steroid dienone is 4. The molecule has 0 unspecified atom stereocenters. The number of benzene rings is 2. The van der Waals surface area contributed by atoms with Gasteiger partial charge in [0.25, 0.3) is 0 Å². The first kappa shape index (κ1) is 39.7. The molecule has 54 heavy (non-hydrogen) atoms. The molecule has 0 saturated heterocycles. The fourth-order valence-corrected chi connectivity index (χ4v) is 10.4. The number of carbonyl (C=O) groups excluding carboxylic acids is 4. The lowest BCUT2D eigenvalue weighted by molar-refractivity contribution is -0.202. The zero-order valence-corrected chi connectivity index (χ0v) is 32.2. The molecule has 288 valence electrons. The van der Waals surface area contributed by atoms with E-state index in [4.69, 9.17) is 16.3 Å². The number of hydrogen-bond donors (Lipinski definition) is 1. The van der Waals surface area contributed by atoms with Gasteiger partial charge in [0, 0.05) is 46.9 Å². The average Bonchev–Trinajstić information content (AvgIpc) is 3.34. The predicted octanol–water partition coefficient (Wildman–Crippen LogP) is 7.62. The Morgan fingerprint density at radius 1 is 1.09 bits per heavy atom. The van der Waals surface area contributed by atoms with Gasteiger partial charge >= 0.3 is 5.97 Å². The summed E-state index contributed by atoms with van der Waals surface area (Å²) < 4.78 is 37.7. The topological polar surface area (TPSA) is 113 Å². The third-order valence-electron chi connectivity index (χ3n) is 12.8. The van der Waals surface area contributed by atoms with Crippen LogP contribution in [-0.4, -0.2) is 72.4 Å². The predicted molar refractivity (Wildman–Crippen MR) is 204 cm³/mol. The summed E-state index contributed by atoms with van der Waals surface area (Å²) in [5, 5.41) is 11.9. The van der Waals surface area contributed by atoms with Crippen LogP contribution in [0.15, 0.2) is 77.3 Å². The Balaban J connectivity index is 0.000000210.